The van der Waals surface area contributed by atoms with Crippen LogP contribution in [0.15, 0.2) is 48.5 Å². The van der Waals surface area contributed by atoms with Crippen LogP contribution in [0.1, 0.15) is 16.8 Å². The number of nitrogens with zero attached hydrogens (tertiary/aromatic N) is 2. The molecule has 3 aromatic rings. The van der Waals surface area contributed by atoms with Gasteiger partial charge in [-0.15, -0.1) is 0 Å². The van der Waals surface area contributed by atoms with Gasteiger partial charge in [0.25, 0.3) is 5.91 Å². The van der Waals surface area contributed by atoms with Gasteiger partial charge in [-0.2, -0.15) is 16.9 Å². The summed E-state index contributed by atoms with van der Waals surface area (Å²) in [4.78, 5) is 12.5. The third-order valence-corrected chi connectivity index (χ3v) is 5.56. The van der Waals surface area contributed by atoms with Gasteiger partial charge in [-0.25, -0.2) is 4.68 Å². The van der Waals surface area contributed by atoms with Crippen molar-refractivity contribution in [3.05, 3.63) is 70.4 Å². The number of nitrogens with one attached hydrogen (secondary N) is 1. The van der Waals surface area contributed by atoms with Gasteiger partial charge in [0.15, 0.2) is 6.61 Å². The molecule has 0 bridgehead atoms. The van der Waals surface area contributed by atoms with Crippen molar-refractivity contribution in [2.45, 2.75) is 18.4 Å². The SMILES string of the molecule is Cc1ccccc1-n1nc2c(c1NC(=O)COc1ccc(Cl)cc1)CSC2. The van der Waals surface area contributed by atoms with E-state index < -0.39 is 0 Å². The Morgan fingerprint density at radius 2 is 2.00 bits per heavy atom. The first kappa shape index (κ1) is 17.9. The Bertz CT molecular complexity index is 985. The second-order valence-electron chi connectivity index (χ2n) is 6.26. The van der Waals surface area contributed by atoms with Crippen LogP contribution in [0, 0.1) is 6.92 Å². The standard InChI is InChI=1S/C20H18ClN3O2S/c1-13-4-2-3-5-18(13)24-20(16-11-27-12-17(16)23-24)22-19(25)10-26-15-8-6-14(21)7-9-15/h2-9H,10-12H2,1H3,(H,22,25). The smallest absolute Gasteiger partial charge is 0.263 e. The number of para-hydroxylation sites is 1. The zero-order chi connectivity index (χ0) is 18.8. The molecule has 0 unspecified atom stereocenters. The second kappa shape index (κ2) is 7.66. The first-order chi connectivity index (χ1) is 13.1. The van der Waals surface area contributed by atoms with Crippen molar-refractivity contribution in [3.8, 4) is 11.4 Å². The summed E-state index contributed by atoms with van der Waals surface area (Å²) in [6.45, 7) is 1.95. The lowest BCUT2D eigenvalue weighted by Gasteiger charge is -2.13. The minimum atomic E-state index is -0.223. The Hall–Kier alpha value is -2.44. The molecule has 0 fully saturated rings. The highest BCUT2D eigenvalue weighted by Crippen LogP contribution is 2.36. The molecular weight excluding hydrogens is 382 g/mol. The molecule has 5 nitrogen and oxygen atoms in total. The highest BCUT2D eigenvalue weighted by molar-refractivity contribution is 7.98. The van der Waals surface area contributed by atoms with Gasteiger partial charge in [-0.05, 0) is 42.8 Å². The number of carbonyl (C=O) groups excluding carboxylic acids is 1. The van der Waals surface area contributed by atoms with Crippen molar-refractivity contribution in [2.75, 3.05) is 11.9 Å². The molecule has 138 valence electrons. The van der Waals surface area contributed by atoms with Crippen molar-refractivity contribution in [1.29, 1.82) is 0 Å². The number of benzene rings is 2. The molecule has 1 aromatic heterocycles. The Kier molecular flexibility index (Phi) is 5.09. The summed E-state index contributed by atoms with van der Waals surface area (Å²) in [6, 6.07) is 14.9. The molecule has 27 heavy (non-hydrogen) atoms. The number of carbonyl (C=O) groups is 1. The molecule has 1 aliphatic heterocycles. The summed E-state index contributed by atoms with van der Waals surface area (Å²) >= 11 is 7.66. The molecule has 1 amide bonds. The van der Waals surface area contributed by atoms with E-state index in [2.05, 4.69) is 5.32 Å². The average molecular weight is 400 g/mol. The van der Waals surface area contributed by atoms with Crippen molar-refractivity contribution in [2.24, 2.45) is 0 Å². The number of thioether (sulfide) groups is 1. The van der Waals surface area contributed by atoms with Crippen LogP contribution < -0.4 is 10.1 Å². The number of fused-ring (bicyclic) bond motifs is 1. The lowest BCUT2D eigenvalue weighted by molar-refractivity contribution is -0.118. The Morgan fingerprint density at radius 3 is 2.78 bits per heavy atom. The third kappa shape index (κ3) is 3.82. The van der Waals surface area contributed by atoms with Crippen LogP contribution in [0.2, 0.25) is 5.02 Å². The molecule has 2 heterocycles. The molecule has 0 spiro atoms. The van der Waals surface area contributed by atoms with Gasteiger partial charge in [-0.1, -0.05) is 29.8 Å². The van der Waals surface area contributed by atoms with E-state index in [1.54, 1.807) is 36.0 Å². The number of anilines is 1. The lowest BCUT2D eigenvalue weighted by atomic mass is 10.2. The summed E-state index contributed by atoms with van der Waals surface area (Å²) in [5, 5.41) is 8.35. The van der Waals surface area contributed by atoms with E-state index in [9.17, 15) is 4.79 Å². The van der Waals surface area contributed by atoms with E-state index in [-0.39, 0.29) is 12.5 Å². The fraction of sp³-hybridized carbons (Fsp3) is 0.200. The van der Waals surface area contributed by atoms with E-state index in [1.807, 2.05) is 35.9 Å². The lowest BCUT2D eigenvalue weighted by Crippen LogP contribution is -2.22. The van der Waals surface area contributed by atoms with Gasteiger partial charge in [0.1, 0.15) is 11.6 Å². The summed E-state index contributed by atoms with van der Waals surface area (Å²) < 4.78 is 7.39. The molecule has 0 atom stereocenters. The Labute approximate surface area is 166 Å². The first-order valence-corrected chi connectivity index (χ1v) is 10.1. The zero-order valence-corrected chi connectivity index (χ0v) is 16.3. The van der Waals surface area contributed by atoms with Gasteiger partial charge < -0.3 is 10.1 Å². The molecule has 0 saturated heterocycles. The molecule has 2 aromatic carbocycles. The number of hydrogen-bond donors (Lipinski definition) is 1. The fourth-order valence-electron chi connectivity index (χ4n) is 2.96. The molecule has 0 radical (unpaired) electrons. The molecule has 4 rings (SSSR count). The molecule has 0 aliphatic carbocycles. The summed E-state index contributed by atoms with van der Waals surface area (Å²) in [7, 11) is 0. The quantitative estimate of drug-likeness (QED) is 0.681. The van der Waals surface area contributed by atoms with E-state index in [1.165, 1.54) is 0 Å². The summed E-state index contributed by atoms with van der Waals surface area (Å²) in [6.07, 6.45) is 0. The number of ether oxygens (including phenoxy) is 1. The Balaban J connectivity index is 1.55. The molecule has 0 saturated carbocycles. The van der Waals surface area contributed by atoms with Crippen molar-refractivity contribution >= 4 is 35.1 Å². The normalized spacial score (nSPS) is 12.7. The summed E-state index contributed by atoms with van der Waals surface area (Å²) in [5.74, 6) is 2.81. The van der Waals surface area contributed by atoms with Gasteiger partial charge in [0.2, 0.25) is 0 Å². The highest BCUT2D eigenvalue weighted by atomic mass is 35.5. The van der Waals surface area contributed by atoms with Gasteiger partial charge >= 0.3 is 0 Å². The summed E-state index contributed by atoms with van der Waals surface area (Å²) in [5.41, 5.74) is 4.17. The number of rotatable bonds is 5. The maximum Gasteiger partial charge on any atom is 0.263 e. The minimum absolute atomic E-state index is 0.0809. The average Bonchev–Trinajstić information content (AvgIpc) is 3.24. The largest absolute Gasteiger partial charge is 0.484 e. The van der Waals surface area contributed by atoms with Crippen LogP contribution in [0.5, 0.6) is 5.75 Å². The number of amides is 1. The van der Waals surface area contributed by atoms with Crippen LogP contribution in [0.3, 0.4) is 0 Å². The van der Waals surface area contributed by atoms with E-state index >= 15 is 0 Å². The highest BCUT2D eigenvalue weighted by Gasteiger charge is 2.25. The van der Waals surface area contributed by atoms with Gasteiger partial charge in [-0.3, -0.25) is 4.79 Å². The van der Waals surface area contributed by atoms with Crippen molar-refractivity contribution in [3.63, 3.8) is 0 Å². The van der Waals surface area contributed by atoms with E-state index in [0.717, 1.165) is 39.8 Å². The topological polar surface area (TPSA) is 56.2 Å². The minimum Gasteiger partial charge on any atom is -0.484 e. The van der Waals surface area contributed by atoms with Gasteiger partial charge in [0.05, 0.1) is 11.4 Å². The van der Waals surface area contributed by atoms with Gasteiger partial charge in [0, 0.05) is 22.1 Å². The molecule has 1 aliphatic rings. The predicted molar refractivity (Wildman–Crippen MR) is 109 cm³/mol. The maximum absolute atomic E-state index is 12.5. The number of aryl methyl sites for hydroxylation is 1. The second-order valence-corrected chi connectivity index (χ2v) is 7.68. The van der Waals surface area contributed by atoms with E-state index in [4.69, 9.17) is 21.4 Å². The predicted octanol–water partition coefficient (Wildman–Crippen LogP) is 4.60. The van der Waals surface area contributed by atoms with E-state index in [0.29, 0.717) is 10.8 Å². The monoisotopic (exact) mass is 399 g/mol. The molecule has 1 N–H and O–H groups in total. The van der Waals surface area contributed by atoms with Crippen molar-refractivity contribution < 1.29 is 9.53 Å². The van der Waals surface area contributed by atoms with Crippen LogP contribution in [0.25, 0.3) is 5.69 Å². The van der Waals surface area contributed by atoms with Crippen LogP contribution in [-0.4, -0.2) is 22.3 Å². The molecule has 7 heteroatoms. The van der Waals surface area contributed by atoms with Crippen molar-refractivity contribution in [1.82, 2.24) is 9.78 Å². The van der Waals surface area contributed by atoms with Crippen LogP contribution >= 0.6 is 23.4 Å². The third-order valence-electron chi connectivity index (χ3n) is 4.34. The van der Waals surface area contributed by atoms with Crippen LogP contribution in [-0.2, 0) is 16.3 Å². The molecular formula is C20H18ClN3O2S. The number of halogens is 1. The number of hydrogen-bond acceptors (Lipinski definition) is 4. The van der Waals surface area contributed by atoms with Crippen LogP contribution in [0.4, 0.5) is 5.82 Å². The fourth-order valence-corrected chi connectivity index (χ4v) is 4.13. The zero-order valence-electron chi connectivity index (χ0n) is 14.7. The first-order valence-electron chi connectivity index (χ1n) is 8.54. The maximum atomic E-state index is 12.5. The number of aromatic nitrogens is 2. The Morgan fingerprint density at radius 1 is 1.22 bits per heavy atom.